The van der Waals surface area contributed by atoms with Crippen molar-refractivity contribution in [3.05, 3.63) is 24.8 Å². The van der Waals surface area contributed by atoms with Gasteiger partial charge < -0.3 is 4.84 Å². The zero-order valence-electron chi connectivity index (χ0n) is 6.61. The maximum atomic E-state index is 4.77. The zero-order valence-corrected chi connectivity index (χ0v) is 6.61. The van der Waals surface area contributed by atoms with Crippen molar-refractivity contribution in [1.29, 1.82) is 0 Å². The van der Waals surface area contributed by atoms with Crippen LogP contribution in [0.15, 0.2) is 24.8 Å². The van der Waals surface area contributed by atoms with Gasteiger partial charge in [-0.05, 0) is 0 Å². The van der Waals surface area contributed by atoms with Crippen LogP contribution in [-0.4, -0.2) is 12.1 Å². The predicted molar refractivity (Wildman–Crippen MR) is 38.3 cm³/mol. The third-order valence-electron chi connectivity index (χ3n) is 0.796. The Hall–Kier alpha value is -1.12. The lowest BCUT2D eigenvalue weighted by atomic mass is 10.7. The summed E-state index contributed by atoms with van der Waals surface area (Å²) in [4.78, 5) is 8.56. The molecule has 1 heterocycles. The van der Waals surface area contributed by atoms with Crippen LogP contribution in [0.5, 0.6) is 0 Å². The van der Waals surface area contributed by atoms with Gasteiger partial charge in [-0.15, -0.1) is 0 Å². The zero-order chi connectivity index (χ0) is 7.82. The second-order valence-corrected chi connectivity index (χ2v) is 1.30. The summed E-state index contributed by atoms with van der Waals surface area (Å²) in [5, 5.41) is 0. The quantitative estimate of drug-likeness (QED) is 0.531. The lowest BCUT2D eigenvalue weighted by Gasteiger charge is -1.88. The lowest BCUT2D eigenvalue weighted by molar-refractivity contribution is -0.887. The summed E-state index contributed by atoms with van der Waals surface area (Å²) >= 11 is 0. The topological polar surface area (TPSA) is 26.0 Å². The van der Waals surface area contributed by atoms with E-state index in [1.54, 1.807) is 31.9 Å². The SMILES string of the molecule is CC.CO[n+]1cccnc1. The highest BCUT2D eigenvalue weighted by Gasteiger charge is 1.87. The fraction of sp³-hybridized carbons (Fsp3) is 0.429. The molecule has 0 amide bonds. The van der Waals surface area contributed by atoms with Crippen molar-refractivity contribution in [3.63, 3.8) is 0 Å². The number of aromatic nitrogens is 2. The second kappa shape index (κ2) is 6.01. The summed E-state index contributed by atoms with van der Waals surface area (Å²) in [5.41, 5.74) is 0. The number of hydrogen-bond acceptors (Lipinski definition) is 2. The van der Waals surface area contributed by atoms with Gasteiger partial charge in [0.05, 0.1) is 0 Å². The van der Waals surface area contributed by atoms with Crippen LogP contribution < -0.4 is 9.57 Å². The summed E-state index contributed by atoms with van der Waals surface area (Å²) in [7, 11) is 1.58. The standard InChI is InChI=1S/C5H7N2O.C2H6/c1-8-7-4-2-3-6-5-7;1-2/h2-5H,1H3;1-2H3/q+1;. The summed E-state index contributed by atoms with van der Waals surface area (Å²) in [5.74, 6) is 0. The van der Waals surface area contributed by atoms with Crippen molar-refractivity contribution in [2.45, 2.75) is 13.8 Å². The first-order chi connectivity index (χ1) is 4.93. The Morgan fingerprint density at radius 1 is 1.40 bits per heavy atom. The molecule has 0 saturated carbocycles. The van der Waals surface area contributed by atoms with Crippen molar-refractivity contribution in [3.8, 4) is 0 Å². The van der Waals surface area contributed by atoms with E-state index in [4.69, 9.17) is 4.84 Å². The maximum absolute atomic E-state index is 4.77. The Morgan fingerprint density at radius 3 is 2.40 bits per heavy atom. The molecule has 1 rings (SSSR count). The van der Waals surface area contributed by atoms with E-state index in [2.05, 4.69) is 4.98 Å². The average molecular weight is 141 g/mol. The Bertz CT molecular complexity index is 153. The van der Waals surface area contributed by atoms with Gasteiger partial charge in [-0.3, -0.25) is 0 Å². The van der Waals surface area contributed by atoms with Crippen LogP contribution in [0.4, 0.5) is 0 Å². The van der Waals surface area contributed by atoms with Gasteiger partial charge in [-0.25, -0.2) is 0 Å². The third-order valence-corrected chi connectivity index (χ3v) is 0.796. The minimum absolute atomic E-state index is 1.51. The molecule has 0 spiro atoms. The van der Waals surface area contributed by atoms with E-state index in [0.29, 0.717) is 0 Å². The van der Waals surface area contributed by atoms with Gasteiger partial charge in [-0.1, -0.05) is 23.6 Å². The molecular weight excluding hydrogens is 128 g/mol. The van der Waals surface area contributed by atoms with Gasteiger partial charge in [0.2, 0.25) is 0 Å². The molecule has 10 heavy (non-hydrogen) atoms. The van der Waals surface area contributed by atoms with E-state index in [1.807, 2.05) is 13.8 Å². The number of hydrogen-bond donors (Lipinski definition) is 0. The van der Waals surface area contributed by atoms with E-state index in [1.165, 1.54) is 4.73 Å². The highest BCUT2D eigenvalue weighted by Crippen LogP contribution is 1.65. The molecule has 0 aliphatic heterocycles. The highest BCUT2D eigenvalue weighted by molar-refractivity contribution is 4.68. The Morgan fingerprint density at radius 2 is 2.10 bits per heavy atom. The summed E-state index contributed by atoms with van der Waals surface area (Å²) < 4.78 is 1.51. The minimum atomic E-state index is 1.51. The maximum Gasteiger partial charge on any atom is 0.324 e. The first-order valence-electron chi connectivity index (χ1n) is 3.29. The highest BCUT2D eigenvalue weighted by atomic mass is 16.6. The molecular formula is C7H13N2O+. The Balaban J connectivity index is 0.000000371. The van der Waals surface area contributed by atoms with E-state index in [-0.39, 0.29) is 0 Å². The van der Waals surface area contributed by atoms with Gasteiger partial charge in [-0.2, -0.15) is 0 Å². The molecule has 56 valence electrons. The summed E-state index contributed by atoms with van der Waals surface area (Å²) in [6, 6.07) is 1.80. The largest absolute Gasteiger partial charge is 0.339 e. The molecule has 0 aliphatic rings. The van der Waals surface area contributed by atoms with Gasteiger partial charge in [0.15, 0.2) is 0 Å². The van der Waals surface area contributed by atoms with Crippen LogP contribution in [0.3, 0.4) is 0 Å². The monoisotopic (exact) mass is 141 g/mol. The summed E-state index contributed by atoms with van der Waals surface area (Å²) in [6.45, 7) is 4.00. The van der Waals surface area contributed by atoms with Crippen LogP contribution in [-0.2, 0) is 0 Å². The van der Waals surface area contributed by atoms with Gasteiger partial charge >= 0.3 is 6.33 Å². The van der Waals surface area contributed by atoms with Crippen molar-refractivity contribution in [1.82, 2.24) is 4.98 Å². The molecule has 3 heteroatoms. The third kappa shape index (κ3) is 3.02. The minimum Gasteiger partial charge on any atom is -0.339 e. The number of nitrogens with zero attached hydrogens (tertiary/aromatic N) is 2. The van der Waals surface area contributed by atoms with Crippen molar-refractivity contribution in [2.24, 2.45) is 0 Å². The molecule has 0 radical (unpaired) electrons. The molecule has 0 fully saturated rings. The van der Waals surface area contributed by atoms with E-state index >= 15 is 0 Å². The molecule has 0 aliphatic carbocycles. The molecule has 1 aromatic heterocycles. The molecule has 0 bridgehead atoms. The van der Waals surface area contributed by atoms with E-state index < -0.39 is 0 Å². The average Bonchev–Trinajstić information content (AvgIpc) is 2.10. The van der Waals surface area contributed by atoms with Crippen molar-refractivity contribution >= 4 is 0 Å². The molecule has 0 atom stereocenters. The molecule has 0 saturated heterocycles. The van der Waals surface area contributed by atoms with Crippen molar-refractivity contribution < 1.29 is 9.57 Å². The summed E-state index contributed by atoms with van der Waals surface area (Å²) in [6.07, 6.45) is 5.04. The van der Waals surface area contributed by atoms with Crippen LogP contribution in [0, 0.1) is 0 Å². The van der Waals surface area contributed by atoms with Gasteiger partial charge in [0.25, 0.3) is 0 Å². The fourth-order valence-corrected chi connectivity index (χ4v) is 0.424. The fourth-order valence-electron chi connectivity index (χ4n) is 0.424. The molecule has 3 nitrogen and oxygen atoms in total. The van der Waals surface area contributed by atoms with Crippen LogP contribution in [0.1, 0.15) is 13.8 Å². The first kappa shape index (κ1) is 8.88. The molecule has 0 unspecified atom stereocenters. The Kier molecular flexibility index (Phi) is 5.33. The smallest absolute Gasteiger partial charge is 0.324 e. The first-order valence-corrected chi connectivity index (χ1v) is 3.29. The van der Waals surface area contributed by atoms with Crippen LogP contribution >= 0.6 is 0 Å². The van der Waals surface area contributed by atoms with Crippen LogP contribution in [0.25, 0.3) is 0 Å². The Labute approximate surface area is 61.2 Å². The molecule has 0 aromatic carbocycles. The van der Waals surface area contributed by atoms with Gasteiger partial charge in [0.1, 0.15) is 19.5 Å². The van der Waals surface area contributed by atoms with E-state index in [9.17, 15) is 0 Å². The predicted octanol–water partition coefficient (Wildman–Crippen LogP) is 0.454. The molecule has 1 aromatic rings. The van der Waals surface area contributed by atoms with Crippen molar-refractivity contribution in [2.75, 3.05) is 7.11 Å². The lowest BCUT2D eigenvalue weighted by Crippen LogP contribution is -2.39. The van der Waals surface area contributed by atoms with E-state index in [0.717, 1.165) is 0 Å². The van der Waals surface area contributed by atoms with Gasteiger partial charge in [0, 0.05) is 6.07 Å². The second-order valence-electron chi connectivity index (χ2n) is 1.30. The normalized spacial score (nSPS) is 7.50. The molecule has 0 N–H and O–H groups in total. The van der Waals surface area contributed by atoms with Crippen LogP contribution in [0.2, 0.25) is 0 Å². The number of rotatable bonds is 1.